The summed E-state index contributed by atoms with van der Waals surface area (Å²) in [5.74, 6) is -0.494. The van der Waals surface area contributed by atoms with Gasteiger partial charge < -0.3 is 5.73 Å². The van der Waals surface area contributed by atoms with Crippen LogP contribution >= 0.6 is 0 Å². The molecule has 0 atom stereocenters. The predicted molar refractivity (Wildman–Crippen MR) is 72.1 cm³/mol. The molecule has 1 rings (SSSR count). The van der Waals surface area contributed by atoms with Gasteiger partial charge in [-0.2, -0.15) is 0 Å². The number of aryl methyl sites for hydroxylation is 1. The van der Waals surface area contributed by atoms with E-state index in [9.17, 15) is 12.8 Å². The molecule has 1 aromatic rings. The highest BCUT2D eigenvalue weighted by Gasteiger charge is 2.16. The van der Waals surface area contributed by atoms with Crippen molar-refractivity contribution in [3.05, 3.63) is 29.6 Å². The maximum absolute atomic E-state index is 13.1. The summed E-state index contributed by atoms with van der Waals surface area (Å²) in [6.45, 7) is 1.86. The lowest BCUT2D eigenvalue weighted by Gasteiger charge is -2.09. The van der Waals surface area contributed by atoms with Crippen LogP contribution in [-0.4, -0.2) is 20.8 Å². The number of halogens is 1. The number of hydrogen-bond acceptors (Lipinski definition) is 3. The summed E-state index contributed by atoms with van der Waals surface area (Å²) in [6.07, 6.45) is 1.66. The molecule has 0 amide bonds. The molecule has 0 bridgehead atoms. The number of hydrogen-bond donors (Lipinski definition) is 3. The molecule has 4 N–H and O–H groups in total. The first kappa shape index (κ1) is 15.6. The van der Waals surface area contributed by atoms with Crippen molar-refractivity contribution in [2.75, 3.05) is 6.54 Å². The van der Waals surface area contributed by atoms with Gasteiger partial charge in [-0.15, -0.1) is 0 Å². The van der Waals surface area contributed by atoms with E-state index in [1.54, 1.807) is 6.92 Å². The van der Waals surface area contributed by atoms with E-state index in [1.807, 2.05) is 0 Å². The van der Waals surface area contributed by atoms with E-state index < -0.39 is 15.8 Å². The lowest BCUT2D eigenvalue weighted by molar-refractivity contribution is 0.573. The van der Waals surface area contributed by atoms with E-state index in [2.05, 4.69) is 4.72 Å². The van der Waals surface area contributed by atoms with Gasteiger partial charge in [-0.1, -0.05) is 6.07 Å². The largest absolute Gasteiger partial charge is 0.388 e. The normalized spacial score (nSPS) is 11.5. The second-order valence-corrected chi connectivity index (χ2v) is 6.03. The van der Waals surface area contributed by atoms with Crippen molar-refractivity contribution in [3.8, 4) is 0 Å². The topological polar surface area (TPSA) is 96.0 Å². The Balaban J connectivity index is 2.61. The number of nitrogens with one attached hydrogen (secondary N) is 2. The van der Waals surface area contributed by atoms with Gasteiger partial charge in [-0.3, -0.25) is 5.41 Å². The van der Waals surface area contributed by atoms with E-state index in [0.717, 1.165) is 6.07 Å². The zero-order chi connectivity index (χ0) is 14.5. The Morgan fingerprint density at radius 3 is 2.74 bits per heavy atom. The summed E-state index contributed by atoms with van der Waals surface area (Å²) in [7, 11) is -3.69. The van der Waals surface area contributed by atoms with E-state index >= 15 is 0 Å². The van der Waals surface area contributed by atoms with Crippen LogP contribution in [0.4, 0.5) is 4.39 Å². The lowest BCUT2D eigenvalue weighted by atomic mass is 10.2. The van der Waals surface area contributed by atoms with Crippen LogP contribution in [0.1, 0.15) is 24.8 Å². The van der Waals surface area contributed by atoms with Crippen molar-refractivity contribution in [2.45, 2.75) is 31.1 Å². The van der Waals surface area contributed by atoms with Gasteiger partial charge in [0.15, 0.2) is 0 Å². The molecule has 0 heterocycles. The van der Waals surface area contributed by atoms with Gasteiger partial charge in [0.1, 0.15) is 5.82 Å². The Labute approximate surface area is 112 Å². The molecule has 19 heavy (non-hydrogen) atoms. The zero-order valence-electron chi connectivity index (χ0n) is 10.7. The molecular formula is C12H18FN3O2S. The fourth-order valence-electron chi connectivity index (χ4n) is 1.59. The van der Waals surface area contributed by atoms with E-state index in [1.165, 1.54) is 12.1 Å². The van der Waals surface area contributed by atoms with Crippen LogP contribution in [0.3, 0.4) is 0 Å². The van der Waals surface area contributed by atoms with Crippen LogP contribution in [0.5, 0.6) is 0 Å². The van der Waals surface area contributed by atoms with Crippen LogP contribution in [0.2, 0.25) is 0 Å². The second-order valence-electron chi connectivity index (χ2n) is 4.29. The first-order chi connectivity index (χ1) is 8.83. The van der Waals surface area contributed by atoms with Gasteiger partial charge in [0.05, 0.1) is 10.7 Å². The Kier molecular flexibility index (Phi) is 5.44. The molecule has 0 unspecified atom stereocenters. The predicted octanol–water partition coefficient (Wildman–Crippen LogP) is 1.52. The summed E-state index contributed by atoms with van der Waals surface area (Å²) >= 11 is 0. The smallest absolute Gasteiger partial charge is 0.240 e. The molecule has 106 valence electrons. The van der Waals surface area contributed by atoms with Crippen molar-refractivity contribution < 1.29 is 12.8 Å². The maximum Gasteiger partial charge on any atom is 0.240 e. The number of benzene rings is 1. The third-order valence-corrected chi connectivity index (χ3v) is 4.21. The lowest BCUT2D eigenvalue weighted by Crippen LogP contribution is -2.25. The summed E-state index contributed by atoms with van der Waals surface area (Å²) < 4.78 is 39.4. The van der Waals surface area contributed by atoms with Crippen molar-refractivity contribution in [1.29, 1.82) is 5.41 Å². The summed E-state index contributed by atoms with van der Waals surface area (Å²) in [4.78, 5) is -0.0425. The average molecular weight is 287 g/mol. The summed E-state index contributed by atoms with van der Waals surface area (Å²) in [6, 6.07) is 3.66. The molecule has 0 spiro atoms. The van der Waals surface area contributed by atoms with Crippen LogP contribution in [0.15, 0.2) is 23.1 Å². The monoisotopic (exact) mass is 287 g/mol. The Hall–Kier alpha value is -1.47. The van der Waals surface area contributed by atoms with Gasteiger partial charge >= 0.3 is 0 Å². The molecule has 0 saturated carbocycles. The fourth-order valence-corrected chi connectivity index (χ4v) is 2.92. The third kappa shape index (κ3) is 4.96. The number of sulfonamides is 1. The molecular weight excluding hydrogens is 269 g/mol. The van der Waals surface area contributed by atoms with Crippen molar-refractivity contribution >= 4 is 15.9 Å². The van der Waals surface area contributed by atoms with E-state index in [-0.39, 0.29) is 17.3 Å². The molecule has 0 fully saturated rings. The van der Waals surface area contributed by atoms with Gasteiger partial charge in [-0.25, -0.2) is 17.5 Å². The second kappa shape index (κ2) is 6.63. The number of unbranched alkanes of at least 4 members (excludes halogenated alkanes) is 1. The first-order valence-corrected chi connectivity index (χ1v) is 7.40. The average Bonchev–Trinajstić information content (AvgIpc) is 2.31. The molecule has 7 heteroatoms. The zero-order valence-corrected chi connectivity index (χ0v) is 11.6. The number of nitrogens with two attached hydrogens (primary N) is 1. The Bertz CT molecular complexity index is 558. The SMILES string of the molecule is Cc1ccc(F)cc1S(=O)(=O)NCCCCC(=N)N. The minimum Gasteiger partial charge on any atom is -0.388 e. The molecule has 0 aliphatic rings. The van der Waals surface area contributed by atoms with E-state index in [4.69, 9.17) is 11.1 Å². The highest BCUT2D eigenvalue weighted by molar-refractivity contribution is 7.89. The molecule has 1 aromatic carbocycles. The highest BCUT2D eigenvalue weighted by atomic mass is 32.2. The third-order valence-electron chi connectivity index (χ3n) is 2.60. The Morgan fingerprint density at radius 2 is 2.11 bits per heavy atom. The van der Waals surface area contributed by atoms with Crippen molar-refractivity contribution in [2.24, 2.45) is 5.73 Å². The van der Waals surface area contributed by atoms with E-state index in [0.29, 0.717) is 24.8 Å². The van der Waals surface area contributed by atoms with Gasteiger partial charge in [0.2, 0.25) is 10.0 Å². The molecule has 0 aromatic heterocycles. The van der Waals surface area contributed by atoms with Crippen LogP contribution in [0.25, 0.3) is 0 Å². The number of rotatable bonds is 7. The summed E-state index contributed by atoms with van der Waals surface area (Å²) in [5, 5.41) is 7.04. The van der Waals surface area contributed by atoms with Crippen molar-refractivity contribution in [3.63, 3.8) is 0 Å². The minimum absolute atomic E-state index is 0.0425. The minimum atomic E-state index is -3.69. The summed E-state index contributed by atoms with van der Waals surface area (Å²) in [5.41, 5.74) is 5.69. The highest BCUT2D eigenvalue weighted by Crippen LogP contribution is 2.16. The first-order valence-electron chi connectivity index (χ1n) is 5.91. The maximum atomic E-state index is 13.1. The quantitative estimate of drug-likeness (QED) is 0.403. The van der Waals surface area contributed by atoms with Crippen LogP contribution < -0.4 is 10.5 Å². The molecule has 0 aliphatic heterocycles. The molecule has 5 nitrogen and oxygen atoms in total. The Morgan fingerprint density at radius 1 is 1.42 bits per heavy atom. The molecule has 0 saturated heterocycles. The van der Waals surface area contributed by atoms with Crippen LogP contribution in [0, 0.1) is 18.2 Å². The molecule has 0 aliphatic carbocycles. The van der Waals surface area contributed by atoms with Gasteiger partial charge in [0, 0.05) is 13.0 Å². The fraction of sp³-hybridized carbons (Fsp3) is 0.417. The standard InChI is InChI=1S/C12H18FN3O2S/c1-9-5-6-10(13)8-11(9)19(17,18)16-7-3-2-4-12(14)15/h5-6,8,16H,2-4,7H2,1H3,(H3,14,15). The van der Waals surface area contributed by atoms with Crippen LogP contribution in [-0.2, 0) is 10.0 Å². The number of amidine groups is 1. The van der Waals surface area contributed by atoms with Gasteiger partial charge in [0.25, 0.3) is 0 Å². The van der Waals surface area contributed by atoms with Gasteiger partial charge in [-0.05, 0) is 37.5 Å². The molecule has 0 radical (unpaired) electrons. The van der Waals surface area contributed by atoms with Crippen molar-refractivity contribution in [1.82, 2.24) is 4.72 Å².